The van der Waals surface area contributed by atoms with Crippen LogP contribution < -0.4 is 10.1 Å². The molecular formula is C17H27NO. The molecule has 0 amide bonds. The smallest absolute Gasteiger partial charge is 0.119 e. The first-order chi connectivity index (χ1) is 9.22. The van der Waals surface area contributed by atoms with Crippen LogP contribution >= 0.6 is 0 Å². The van der Waals surface area contributed by atoms with Gasteiger partial charge in [0, 0.05) is 11.7 Å². The number of aryl methyl sites for hydroxylation is 1. The van der Waals surface area contributed by atoms with Crippen molar-refractivity contribution < 1.29 is 4.74 Å². The highest BCUT2D eigenvalue weighted by molar-refractivity contribution is 5.54. The van der Waals surface area contributed by atoms with Crippen LogP contribution in [0.15, 0.2) is 18.2 Å². The van der Waals surface area contributed by atoms with Gasteiger partial charge in [-0.2, -0.15) is 0 Å². The van der Waals surface area contributed by atoms with Gasteiger partial charge < -0.3 is 10.1 Å². The summed E-state index contributed by atoms with van der Waals surface area (Å²) in [7, 11) is 0. The van der Waals surface area contributed by atoms with Gasteiger partial charge in [-0.05, 0) is 56.4 Å². The quantitative estimate of drug-likeness (QED) is 0.824. The first-order valence-corrected chi connectivity index (χ1v) is 7.72. The molecule has 1 saturated carbocycles. The Bertz CT molecular complexity index is 402. The molecule has 2 atom stereocenters. The van der Waals surface area contributed by atoms with Crippen LogP contribution in [0.1, 0.15) is 51.5 Å². The maximum atomic E-state index is 5.54. The van der Waals surface area contributed by atoms with E-state index in [1.165, 1.54) is 43.4 Å². The summed E-state index contributed by atoms with van der Waals surface area (Å²) in [5, 5.41) is 3.73. The fraction of sp³-hybridized carbons (Fsp3) is 0.647. The topological polar surface area (TPSA) is 21.3 Å². The molecule has 1 aliphatic carbocycles. The van der Waals surface area contributed by atoms with Crippen molar-refractivity contribution in [2.45, 2.75) is 58.9 Å². The van der Waals surface area contributed by atoms with Crippen molar-refractivity contribution in [1.29, 1.82) is 0 Å². The van der Waals surface area contributed by atoms with Gasteiger partial charge >= 0.3 is 0 Å². The number of hydrogen-bond donors (Lipinski definition) is 1. The van der Waals surface area contributed by atoms with Gasteiger partial charge in [0.1, 0.15) is 5.75 Å². The van der Waals surface area contributed by atoms with E-state index in [4.69, 9.17) is 4.74 Å². The fourth-order valence-electron chi connectivity index (χ4n) is 3.07. The molecule has 2 rings (SSSR count). The minimum atomic E-state index is 0.648. The molecule has 19 heavy (non-hydrogen) atoms. The Morgan fingerprint density at radius 3 is 2.79 bits per heavy atom. The third kappa shape index (κ3) is 3.89. The average Bonchev–Trinajstić information content (AvgIpc) is 2.42. The van der Waals surface area contributed by atoms with E-state index in [-0.39, 0.29) is 0 Å². The fourth-order valence-corrected chi connectivity index (χ4v) is 3.07. The molecule has 106 valence electrons. The van der Waals surface area contributed by atoms with Crippen molar-refractivity contribution in [1.82, 2.24) is 0 Å². The van der Waals surface area contributed by atoms with Crippen molar-refractivity contribution in [3.8, 4) is 5.75 Å². The van der Waals surface area contributed by atoms with E-state index in [0.29, 0.717) is 6.04 Å². The predicted molar refractivity (Wildman–Crippen MR) is 82.0 cm³/mol. The molecule has 0 radical (unpaired) electrons. The zero-order valence-electron chi connectivity index (χ0n) is 12.5. The summed E-state index contributed by atoms with van der Waals surface area (Å²) in [5.41, 5.74) is 2.55. The summed E-state index contributed by atoms with van der Waals surface area (Å²) >= 11 is 0. The van der Waals surface area contributed by atoms with E-state index in [1.807, 2.05) is 6.92 Å². The van der Waals surface area contributed by atoms with Gasteiger partial charge in [0.05, 0.1) is 6.61 Å². The van der Waals surface area contributed by atoms with E-state index in [2.05, 4.69) is 37.4 Å². The van der Waals surface area contributed by atoms with Crippen LogP contribution in [-0.4, -0.2) is 12.6 Å². The van der Waals surface area contributed by atoms with Gasteiger partial charge in [-0.25, -0.2) is 0 Å². The van der Waals surface area contributed by atoms with Crippen LogP contribution in [0.25, 0.3) is 0 Å². The molecule has 0 heterocycles. The van der Waals surface area contributed by atoms with Crippen molar-refractivity contribution in [2.24, 2.45) is 5.92 Å². The lowest BCUT2D eigenvalue weighted by Gasteiger charge is -2.30. The second-order valence-electron chi connectivity index (χ2n) is 5.69. The van der Waals surface area contributed by atoms with Crippen LogP contribution in [0.5, 0.6) is 5.75 Å². The van der Waals surface area contributed by atoms with Crippen molar-refractivity contribution in [3.63, 3.8) is 0 Å². The van der Waals surface area contributed by atoms with Gasteiger partial charge in [0.2, 0.25) is 0 Å². The van der Waals surface area contributed by atoms with E-state index in [9.17, 15) is 0 Å². The lowest BCUT2D eigenvalue weighted by atomic mass is 9.84. The summed E-state index contributed by atoms with van der Waals surface area (Å²) in [6, 6.07) is 7.01. The normalized spacial score (nSPS) is 23.1. The SMILES string of the molecule is CCOc1ccc(NC2CCCC(CC)C2)c(C)c1. The Kier molecular flexibility index (Phi) is 5.12. The molecule has 1 aromatic carbocycles. The predicted octanol–water partition coefficient (Wildman–Crippen LogP) is 4.77. The van der Waals surface area contributed by atoms with Crippen LogP contribution in [0, 0.1) is 12.8 Å². The number of rotatable bonds is 5. The minimum absolute atomic E-state index is 0.648. The van der Waals surface area contributed by atoms with Crippen molar-refractivity contribution in [3.05, 3.63) is 23.8 Å². The maximum absolute atomic E-state index is 5.54. The first-order valence-electron chi connectivity index (χ1n) is 7.72. The van der Waals surface area contributed by atoms with E-state index < -0.39 is 0 Å². The lowest BCUT2D eigenvalue weighted by Crippen LogP contribution is -2.27. The van der Waals surface area contributed by atoms with Crippen LogP contribution in [0.4, 0.5) is 5.69 Å². The molecule has 0 aromatic heterocycles. The Morgan fingerprint density at radius 1 is 1.26 bits per heavy atom. The molecular weight excluding hydrogens is 234 g/mol. The molecule has 1 aliphatic rings. The number of nitrogens with one attached hydrogen (secondary N) is 1. The third-order valence-electron chi connectivity index (χ3n) is 4.23. The zero-order chi connectivity index (χ0) is 13.7. The second-order valence-corrected chi connectivity index (χ2v) is 5.69. The Labute approximate surface area is 117 Å². The van der Waals surface area contributed by atoms with Gasteiger partial charge in [-0.3, -0.25) is 0 Å². The van der Waals surface area contributed by atoms with Crippen LogP contribution in [0.3, 0.4) is 0 Å². The molecule has 0 spiro atoms. The highest BCUT2D eigenvalue weighted by Crippen LogP contribution is 2.30. The summed E-state index contributed by atoms with van der Waals surface area (Å²) in [6.07, 6.45) is 6.73. The van der Waals surface area contributed by atoms with E-state index in [0.717, 1.165) is 18.3 Å². The molecule has 1 fully saturated rings. The number of ether oxygens (including phenoxy) is 1. The summed E-state index contributed by atoms with van der Waals surface area (Å²) in [4.78, 5) is 0. The minimum Gasteiger partial charge on any atom is -0.494 e. The van der Waals surface area contributed by atoms with Gasteiger partial charge in [-0.15, -0.1) is 0 Å². The van der Waals surface area contributed by atoms with Gasteiger partial charge in [0.25, 0.3) is 0 Å². The Balaban J connectivity index is 1.98. The van der Waals surface area contributed by atoms with Crippen molar-refractivity contribution in [2.75, 3.05) is 11.9 Å². The standard InChI is InChI=1S/C17H27NO/c1-4-14-7-6-8-15(12-14)18-17-10-9-16(19-5-2)11-13(17)3/h9-11,14-15,18H,4-8,12H2,1-3H3. The monoisotopic (exact) mass is 261 g/mol. The largest absolute Gasteiger partial charge is 0.494 e. The number of hydrogen-bond acceptors (Lipinski definition) is 2. The summed E-state index contributed by atoms with van der Waals surface area (Å²) < 4.78 is 5.54. The van der Waals surface area contributed by atoms with Crippen LogP contribution in [0.2, 0.25) is 0 Å². The summed E-state index contributed by atoms with van der Waals surface area (Å²) in [6.45, 7) is 7.22. The first kappa shape index (κ1) is 14.2. The highest BCUT2D eigenvalue weighted by Gasteiger charge is 2.20. The highest BCUT2D eigenvalue weighted by atomic mass is 16.5. The molecule has 0 saturated heterocycles. The third-order valence-corrected chi connectivity index (χ3v) is 4.23. The molecule has 2 nitrogen and oxygen atoms in total. The summed E-state index contributed by atoms with van der Waals surface area (Å²) in [5.74, 6) is 1.88. The zero-order valence-corrected chi connectivity index (χ0v) is 12.5. The van der Waals surface area contributed by atoms with Crippen LogP contribution in [-0.2, 0) is 0 Å². The maximum Gasteiger partial charge on any atom is 0.119 e. The second kappa shape index (κ2) is 6.83. The molecule has 2 unspecified atom stereocenters. The molecule has 1 aromatic rings. The van der Waals surface area contributed by atoms with E-state index >= 15 is 0 Å². The number of anilines is 1. The Morgan fingerprint density at radius 2 is 2.11 bits per heavy atom. The molecule has 1 N–H and O–H groups in total. The van der Waals surface area contributed by atoms with E-state index in [1.54, 1.807) is 0 Å². The average molecular weight is 261 g/mol. The lowest BCUT2D eigenvalue weighted by molar-refractivity contribution is 0.327. The Hall–Kier alpha value is -1.18. The molecule has 2 heteroatoms. The van der Waals surface area contributed by atoms with Gasteiger partial charge in [-0.1, -0.05) is 26.2 Å². The molecule has 0 aliphatic heterocycles. The van der Waals surface area contributed by atoms with Gasteiger partial charge in [0.15, 0.2) is 0 Å². The molecule has 0 bridgehead atoms. The number of benzene rings is 1. The van der Waals surface area contributed by atoms with Crippen molar-refractivity contribution >= 4 is 5.69 Å².